The molecular formula is C42H32O2. The van der Waals surface area contributed by atoms with Crippen molar-refractivity contribution in [2.45, 2.75) is 12.0 Å². The number of para-hydroxylation sites is 1. The van der Waals surface area contributed by atoms with Crippen molar-refractivity contribution < 1.29 is 9.47 Å². The number of ether oxygens (including phenoxy) is 2. The Kier molecular flexibility index (Phi) is 7.63. The van der Waals surface area contributed by atoms with Crippen LogP contribution in [0.4, 0.5) is 0 Å². The van der Waals surface area contributed by atoms with Crippen molar-refractivity contribution in [1.29, 1.82) is 0 Å². The number of allylic oxidation sites excluding steroid dienone is 2. The minimum Gasteiger partial charge on any atom is -0.478 e. The molecule has 0 heterocycles. The van der Waals surface area contributed by atoms with Crippen molar-refractivity contribution in [3.63, 3.8) is 0 Å². The van der Waals surface area contributed by atoms with Gasteiger partial charge in [0, 0.05) is 12.0 Å². The summed E-state index contributed by atoms with van der Waals surface area (Å²) in [5, 5.41) is 0. The monoisotopic (exact) mass is 568 g/mol. The first kappa shape index (κ1) is 27.2. The van der Waals surface area contributed by atoms with Crippen molar-refractivity contribution in [1.82, 2.24) is 0 Å². The molecule has 0 saturated heterocycles. The average Bonchev–Trinajstić information content (AvgIpc) is 3.10. The Morgan fingerprint density at radius 2 is 1.09 bits per heavy atom. The topological polar surface area (TPSA) is 18.5 Å². The molecule has 0 aromatic heterocycles. The van der Waals surface area contributed by atoms with E-state index in [1.54, 1.807) is 0 Å². The summed E-state index contributed by atoms with van der Waals surface area (Å²) in [4.78, 5) is 0. The number of benzene rings is 6. The van der Waals surface area contributed by atoms with Gasteiger partial charge in [0.1, 0.15) is 17.2 Å². The van der Waals surface area contributed by atoms with Crippen molar-refractivity contribution in [3.8, 4) is 39.5 Å². The first-order valence-electron chi connectivity index (χ1n) is 15.0. The van der Waals surface area contributed by atoms with Crippen LogP contribution in [-0.4, -0.2) is 0 Å². The highest BCUT2D eigenvalue weighted by molar-refractivity contribution is 5.79. The van der Waals surface area contributed by atoms with E-state index in [0.29, 0.717) is 6.42 Å². The van der Waals surface area contributed by atoms with Gasteiger partial charge >= 0.3 is 0 Å². The van der Waals surface area contributed by atoms with E-state index in [-0.39, 0.29) is 0 Å². The van der Waals surface area contributed by atoms with Gasteiger partial charge < -0.3 is 9.47 Å². The fourth-order valence-corrected chi connectivity index (χ4v) is 5.74. The summed E-state index contributed by atoms with van der Waals surface area (Å²) in [6, 6.07) is 56.1. The molecule has 0 fully saturated rings. The molecule has 1 aliphatic rings. The van der Waals surface area contributed by atoms with Crippen LogP contribution >= 0.6 is 0 Å². The molecule has 0 bridgehead atoms. The Morgan fingerprint density at radius 3 is 1.77 bits per heavy atom. The maximum absolute atomic E-state index is 6.66. The third-order valence-corrected chi connectivity index (χ3v) is 8.03. The van der Waals surface area contributed by atoms with E-state index in [1.807, 2.05) is 54.6 Å². The van der Waals surface area contributed by atoms with Crippen LogP contribution in [0.25, 0.3) is 27.8 Å². The van der Waals surface area contributed by atoms with Crippen LogP contribution in [0.2, 0.25) is 0 Å². The Balaban J connectivity index is 1.18. The van der Waals surface area contributed by atoms with E-state index in [1.165, 1.54) is 5.56 Å². The quantitative estimate of drug-likeness (QED) is 0.182. The highest BCUT2D eigenvalue weighted by Crippen LogP contribution is 2.40. The van der Waals surface area contributed by atoms with E-state index >= 15 is 0 Å². The maximum atomic E-state index is 6.66. The van der Waals surface area contributed by atoms with Gasteiger partial charge in [0.25, 0.3) is 0 Å². The molecule has 1 unspecified atom stereocenters. The van der Waals surface area contributed by atoms with Gasteiger partial charge in [-0.3, -0.25) is 0 Å². The Labute approximate surface area is 259 Å². The molecule has 44 heavy (non-hydrogen) atoms. The fourth-order valence-electron chi connectivity index (χ4n) is 5.74. The lowest BCUT2D eigenvalue weighted by molar-refractivity contribution is 0.122. The van der Waals surface area contributed by atoms with Gasteiger partial charge in [-0.15, -0.1) is 0 Å². The van der Waals surface area contributed by atoms with Gasteiger partial charge in [-0.05, 0) is 75.9 Å². The van der Waals surface area contributed by atoms with Gasteiger partial charge in [-0.1, -0.05) is 140 Å². The zero-order chi connectivity index (χ0) is 29.6. The zero-order valence-electron chi connectivity index (χ0n) is 24.3. The van der Waals surface area contributed by atoms with Crippen LogP contribution < -0.4 is 9.47 Å². The lowest BCUT2D eigenvalue weighted by Gasteiger charge is -2.34. The molecule has 0 radical (unpaired) electrons. The molecule has 0 amide bonds. The highest BCUT2D eigenvalue weighted by atomic mass is 16.5. The standard InChI is InChI=1S/C42H32O2/c1-5-14-32(15-6-1)36-24-25-41(40(31-36)34-16-7-2-8-17-34)43-39-23-13-18-35(30-39)33-26-28-42(29-27-33,37-19-9-3-10-20-37)44-38-21-11-4-12-22-38/h1-28,30-31H,29H2. The summed E-state index contributed by atoms with van der Waals surface area (Å²) >= 11 is 0. The predicted octanol–water partition coefficient (Wildman–Crippen LogP) is 11.1. The lowest BCUT2D eigenvalue weighted by atomic mass is 9.84. The number of rotatable bonds is 8. The van der Waals surface area contributed by atoms with E-state index in [0.717, 1.165) is 50.6 Å². The van der Waals surface area contributed by atoms with E-state index < -0.39 is 5.60 Å². The second-order valence-corrected chi connectivity index (χ2v) is 10.9. The highest BCUT2D eigenvalue weighted by Gasteiger charge is 2.33. The summed E-state index contributed by atoms with van der Waals surface area (Å²) in [5.41, 5.74) is 7.29. The van der Waals surface area contributed by atoms with Crippen molar-refractivity contribution in [3.05, 3.63) is 193 Å². The van der Waals surface area contributed by atoms with Crippen molar-refractivity contribution in [2.75, 3.05) is 0 Å². The molecule has 1 atom stereocenters. The molecule has 0 N–H and O–H groups in total. The summed E-state index contributed by atoms with van der Waals surface area (Å²) < 4.78 is 13.3. The summed E-state index contributed by atoms with van der Waals surface area (Å²) in [5.74, 6) is 2.46. The SMILES string of the molecule is C1=CC(Oc2ccccc2)(c2ccccc2)CC=C1c1cccc(Oc2ccc(-c3ccccc3)cc2-c2ccccc2)c1. The van der Waals surface area contributed by atoms with E-state index in [9.17, 15) is 0 Å². The smallest absolute Gasteiger partial charge is 0.156 e. The van der Waals surface area contributed by atoms with Crippen LogP contribution in [0, 0.1) is 0 Å². The molecule has 0 saturated carbocycles. The van der Waals surface area contributed by atoms with Crippen LogP contribution in [0.1, 0.15) is 17.5 Å². The predicted molar refractivity (Wildman–Crippen MR) is 181 cm³/mol. The molecule has 7 rings (SSSR count). The molecule has 6 aromatic carbocycles. The number of hydrogen-bond acceptors (Lipinski definition) is 2. The molecule has 2 nitrogen and oxygen atoms in total. The summed E-state index contributed by atoms with van der Waals surface area (Å²) in [6.45, 7) is 0. The van der Waals surface area contributed by atoms with Gasteiger partial charge in [-0.25, -0.2) is 0 Å². The van der Waals surface area contributed by atoms with Crippen LogP contribution in [0.5, 0.6) is 17.2 Å². The van der Waals surface area contributed by atoms with E-state index in [4.69, 9.17) is 9.47 Å². The first-order valence-corrected chi connectivity index (χ1v) is 15.0. The Morgan fingerprint density at radius 1 is 0.477 bits per heavy atom. The van der Waals surface area contributed by atoms with Gasteiger partial charge in [-0.2, -0.15) is 0 Å². The zero-order valence-corrected chi connectivity index (χ0v) is 24.3. The van der Waals surface area contributed by atoms with Crippen LogP contribution in [0.3, 0.4) is 0 Å². The van der Waals surface area contributed by atoms with E-state index in [2.05, 4.69) is 127 Å². The molecule has 6 aromatic rings. The number of hydrogen-bond donors (Lipinski definition) is 0. The molecule has 212 valence electrons. The third-order valence-electron chi connectivity index (χ3n) is 8.03. The fraction of sp³-hybridized carbons (Fsp3) is 0.0476. The molecule has 2 heteroatoms. The van der Waals surface area contributed by atoms with Crippen LogP contribution in [0.15, 0.2) is 182 Å². The van der Waals surface area contributed by atoms with Gasteiger partial charge in [0.2, 0.25) is 0 Å². The third kappa shape index (κ3) is 5.84. The first-order chi connectivity index (χ1) is 21.8. The molecule has 1 aliphatic carbocycles. The minimum absolute atomic E-state index is 0.578. The Hall–Kier alpha value is -5.60. The molecular weight excluding hydrogens is 536 g/mol. The normalized spacial score (nSPS) is 15.8. The second-order valence-electron chi connectivity index (χ2n) is 10.9. The largest absolute Gasteiger partial charge is 0.478 e. The van der Waals surface area contributed by atoms with Crippen LogP contribution in [-0.2, 0) is 5.60 Å². The summed E-state index contributed by atoms with van der Waals surface area (Å²) in [7, 11) is 0. The summed E-state index contributed by atoms with van der Waals surface area (Å²) in [6.07, 6.45) is 7.33. The lowest BCUT2D eigenvalue weighted by Crippen LogP contribution is -2.31. The maximum Gasteiger partial charge on any atom is 0.156 e. The van der Waals surface area contributed by atoms with Crippen molar-refractivity contribution in [2.24, 2.45) is 0 Å². The molecule has 0 aliphatic heterocycles. The van der Waals surface area contributed by atoms with Gasteiger partial charge in [0.15, 0.2) is 5.60 Å². The van der Waals surface area contributed by atoms with Crippen molar-refractivity contribution >= 4 is 5.57 Å². The average molecular weight is 569 g/mol. The van der Waals surface area contributed by atoms with Gasteiger partial charge in [0.05, 0.1) is 0 Å². The minimum atomic E-state index is -0.578. The second kappa shape index (κ2) is 12.3. The Bertz CT molecular complexity index is 1910. The molecule has 0 spiro atoms.